The molecule has 0 bridgehead atoms. The Labute approximate surface area is 188 Å². The number of rotatable bonds is 4. The van der Waals surface area contributed by atoms with Gasteiger partial charge in [0.1, 0.15) is 0 Å². The lowest BCUT2D eigenvalue weighted by Crippen LogP contribution is -2.16. The molecule has 158 valence electrons. The van der Waals surface area contributed by atoms with E-state index in [-0.39, 0.29) is 10.8 Å². The zero-order chi connectivity index (χ0) is 22.2. The van der Waals surface area contributed by atoms with Crippen molar-refractivity contribution in [3.05, 3.63) is 96.1 Å². The zero-order valence-corrected chi connectivity index (χ0v) is 19.8. The third-order valence-corrected chi connectivity index (χ3v) is 6.77. The van der Waals surface area contributed by atoms with Gasteiger partial charge < -0.3 is 0 Å². The molecule has 0 radical (unpaired) electrons. The van der Waals surface area contributed by atoms with E-state index in [4.69, 9.17) is 0 Å². The van der Waals surface area contributed by atoms with Gasteiger partial charge in [-0.25, -0.2) is 0 Å². The van der Waals surface area contributed by atoms with Crippen molar-refractivity contribution in [1.82, 2.24) is 0 Å². The first-order valence-electron chi connectivity index (χ1n) is 11.4. The van der Waals surface area contributed by atoms with E-state index in [0.717, 1.165) is 6.42 Å². The van der Waals surface area contributed by atoms with Gasteiger partial charge >= 0.3 is 0 Å². The average Bonchev–Trinajstić information content (AvgIpc) is 2.78. The molecule has 0 aromatic heterocycles. The van der Waals surface area contributed by atoms with Crippen LogP contribution in [-0.4, -0.2) is 0 Å². The Kier molecular flexibility index (Phi) is 5.52. The minimum Gasteiger partial charge on any atom is -0.0646 e. The highest BCUT2D eigenvalue weighted by molar-refractivity contribution is 6.05. The van der Waals surface area contributed by atoms with Gasteiger partial charge in [0.2, 0.25) is 0 Å². The minimum absolute atomic E-state index is 0.0764. The van der Waals surface area contributed by atoms with E-state index in [9.17, 15) is 0 Å². The molecule has 4 rings (SSSR count). The van der Waals surface area contributed by atoms with Crippen molar-refractivity contribution in [3.63, 3.8) is 0 Å². The largest absolute Gasteiger partial charge is 0.0646 e. The van der Waals surface area contributed by atoms with Gasteiger partial charge in [-0.15, -0.1) is 0 Å². The summed E-state index contributed by atoms with van der Waals surface area (Å²) in [6.45, 7) is 13.9. The van der Waals surface area contributed by atoms with Crippen LogP contribution >= 0.6 is 0 Å². The molecular weight excluding hydrogens is 372 g/mol. The number of hydrogen-bond donors (Lipinski definition) is 0. The molecule has 0 aliphatic heterocycles. The molecular formula is C31H34. The summed E-state index contributed by atoms with van der Waals surface area (Å²) in [5.74, 6) is 0. The standard InChI is InChI=1S/C31H34/c1-7-31(5,6)25-20-27(23-16-12-9-13-17-23)28-19-24(30(2,3)4)18-26(29(28)21-25)22-14-10-8-11-15-22/h8-21H,7H2,1-6H3. The van der Waals surface area contributed by atoms with Crippen molar-refractivity contribution in [2.75, 3.05) is 0 Å². The monoisotopic (exact) mass is 406 g/mol. The number of benzene rings is 4. The van der Waals surface area contributed by atoms with Crippen LogP contribution < -0.4 is 0 Å². The third-order valence-electron chi connectivity index (χ3n) is 6.77. The van der Waals surface area contributed by atoms with Crippen molar-refractivity contribution in [3.8, 4) is 22.3 Å². The summed E-state index contributed by atoms with van der Waals surface area (Å²) in [4.78, 5) is 0. The van der Waals surface area contributed by atoms with Gasteiger partial charge in [-0.2, -0.15) is 0 Å². The smallest absolute Gasteiger partial charge is 0.00960 e. The Morgan fingerprint density at radius 3 is 1.39 bits per heavy atom. The topological polar surface area (TPSA) is 0 Å². The van der Waals surface area contributed by atoms with E-state index in [2.05, 4.69) is 126 Å². The Bertz CT molecular complexity index is 1190. The summed E-state index contributed by atoms with van der Waals surface area (Å²) in [7, 11) is 0. The zero-order valence-electron chi connectivity index (χ0n) is 19.8. The second-order valence-corrected chi connectivity index (χ2v) is 10.4. The summed E-state index contributed by atoms with van der Waals surface area (Å²) in [6.07, 6.45) is 1.10. The van der Waals surface area contributed by atoms with E-state index in [1.807, 2.05) is 0 Å². The van der Waals surface area contributed by atoms with Crippen LogP contribution in [0.5, 0.6) is 0 Å². The molecule has 0 nitrogen and oxygen atoms in total. The third kappa shape index (κ3) is 4.17. The van der Waals surface area contributed by atoms with Crippen LogP contribution in [0.2, 0.25) is 0 Å². The van der Waals surface area contributed by atoms with Crippen LogP contribution in [0.15, 0.2) is 84.9 Å². The fraction of sp³-hybridized carbons (Fsp3) is 0.290. The molecule has 31 heavy (non-hydrogen) atoms. The van der Waals surface area contributed by atoms with Crippen molar-refractivity contribution in [2.24, 2.45) is 0 Å². The molecule has 0 N–H and O–H groups in total. The summed E-state index contributed by atoms with van der Waals surface area (Å²) >= 11 is 0. The molecule has 4 aromatic carbocycles. The normalized spacial score (nSPS) is 12.3. The van der Waals surface area contributed by atoms with Gasteiger partial charge in [0, 0.05) is 0 Å². The van der Waals surface area contributed by atoms with E-state index in [0.29, 0.717) is 0 Å². The van der Waals surface area contributed by atoms with Crippen LogP contribution in [0.3, 0.4) is 0 Å². The van der Waals surface area contributed by atoms with Gasteiger partial charge in [-0.1, -0.05) is 102 Å². The van der Waals surface area contributed by atoms with Crippen LogP contribution in [0.25, 0.3) is 33.0 Å². The number of fused-ring (bicyclic) bond motifs is 1. The quantitative estimate of drug-likeness (QED) is 0.317. The lowest BCUT2D eigenvalue weighted by atomic mass is 9.77. The molecule has 0 aliphatic rings. The van der Waals surface area contributed by atoms with Crippen molar-refractivity contribution >= 4 is 10.8 Å². The Hall–Kier alpha value is -2.86. The second kappa shape index (κ2) is 8.00. The van der Waals surface area contributed by atoms with Gasteiger partial charge in [0.05, 0.1) is 0 Å². The van der Waals surface area contributed by atoms with E-state index < -0.39 is 0 Å². The second-order valence-electron chi connectivity index (χ2n) is 10.4. The van der Waals surface area contributed by atoms with E-state index in [1.165, 1.54) is 44.2 Å². The lowest BCUT2D eigenvalue weighted by molar-refractivity contribution is 0.507. The average molecular weight is 407 g/mol. The first-order chi connectivity index (χ1) is 14.7. The molecule has 0 saturated heterocycles. The highest BCUT2D eigenvalue weighted by Crippen LogP contribution is 2.42. The summed E-state index contributed by atoms with van der Waals surface area (Å²) in [5, 5.41) is 2.69. The van der Waals surface area contributed by atoms with Crippen LogP contribution in [0.4, 0.5) is 0 Å². The highest BCUT2D eigenvalue weighted by atomic mass is 14.3. The molecule has 0 heteroatoms. The van der Waals surface area contributed by atoms with Gasteiger partial charge in [0.15, 0.2) is 0 Å². The first kappa shape index (κ1) is 21.4. The maximum atomic E-state index is 2.44. The number of hydrogen-bond acceptors (Lipinski definition) is 0. The predicted octanol–water partition coefficient (Wildman–Crippen LogP) is 9.16. The lowest BCUT2D eigenvalue weighted by Gasteiger charge is -2.27. The highest BCUT2D eigenvalue weighted by Gasteiger charge is 2.23. The maximum absolute atomic E-state index is 2.44. The van der Waals surface area contributed by atoms with E-state index in [1.54, 1.807) is 0 Å². The Balaban J connectivity index is 2.17. The van der Waals surface area contributed by atoms with Crippen molar-refractivity contribution < 1.29 is 0 Å². The molecule has 0 atom stereocenters. The van der Waals surface area contributed by atoms with Crippen molar-refractivity contribution in [2.45, 2.75) is 58.8 Å². The molecule has 0 saturated carbocycles. The van der Waals surface area contributed by atoms with Crippen LogP contribution in [0.1, 0.15) is 59.1 Å². The van der Waals surface area contributed by atoms with E-state index >= 15 is 0 Å². The van der Waals surface area contributed by atoms with Gasteiger partial charge in [0.25, 0.3) is 0 Å². The minimum atomic E-state index is 0.0764. The molecule has 0 unspecified atom stereocenters. The molecule has 0 amide bonds. The first-order valence-corrected chi connectivity index (χ1v) is 11.4. The summed E-state index contributed by atoms with van der Waals surface area (Å²) in [6, 6.07) is 31.4. The van der Waals surface area contributed by atoms with Crippen molar-refractivity contribution in [1.29, 1.82) is 0 Å². The molecule has 0 aliphatic carbocycles. The van der Waals surface area contributed by atoms with Gasteiger partial charge in [-0.3, -0.25) is 0 Å². The maximum Gasteiger partial charge on any atom is -0.00960 e. The molecule has 0 fully saturated rings. The Morgan fingerprint density at radius 2 is 0.968 bits per heavy atom. The van der Waals surface area contributed by atoms with Crippen LogP contribution in [-0.2, 0) is 10.8 Å². The fourth-order valence-corrected chi connectivity index (χ4v) is 4.20. The SMILES string of the molecule is CCC(C)(C)c1cc(-c2ccccc2)c2cc(C(C)(C)C)cc(-c3ccccc3)c2c1. The summed E-state index contributed by atoms with van der Waals surface area (Å²) in [5.41, 5.74) is 8.20. The molecule has 4 aromatic rings. The molecule has 0 heterocycles. The van der Waals surface area contributed by atoms with Gasteiger partial charge in [-0.05, 0) is 85.7 Å². The molecule has 0 spiro atoms. The summed E-state index contributed by atoms with van der Waals surface area (Å²) < 4.78 is 0. The Morgan fingerprint density at radius 1 is 0.548 bits per heavy atom. The predicted molar refractivity (Wildman–Crippen MR) is 137 cm³/mol. The van der Waals surface area contributed by atoms with Crippen LogP contribution in [0, 0.1) is 0 Å². The fourth-order valence-electron chi connectivity index (χ4n) is 4.20.